The smallest absolute Gasteiger partial charge is 0.102 e. The van der Waals surface area contributed by atoms with Crippen LogP contribution in [0.5, 0.6) is 0 Å². The van der Waals surface area contributed by atoms with Crippen LogP contribution in [0, 0.1) is 18.3 Å². The van der Waals surface area contributed by atoms with Crippen LogP contribution in [0.4, 0.5) is 5.69 Å². The summed E-state index contributed by atoms with van der Waals surface area (Å²) in [6, 6.07) is 21.9. The topological polar surface area (TPSA) is 27.0 Å². The highest BCUT2D eigenvalue weighted by atomic mass is 15.1. The summed E-state index contributed by atoms with van der Waals surface area (Å²) in [5, 5.41) is 10.3. The molecule has 0 bridgehead atoms. The van der Waals surface area contributed by atoms with Crippen LogP contribution in [-0.4, -0.2) is 13.1 Å². The minimum atomic E-state index is 0.869. The summed E-state index contributed by atoms with van der Waals surface area (Å²) in [5.41, 5.74) is 11.1. The monoisotopic (exact) mass is 378 g/mol. The number of rotatable bonds is 2. The van der Waals surface area contributed by atoms with Gasteiger partial charge in [0, 0.05) is 18.7 Å². The number of benzene rings is 3. The molecule has 0 saturated carbocycles. The van der Waals surface area contributed by atoms with Gasteiger partial charge in [0.15, 0.2) is 0 Å². The van der Waals surface area contributed by atoms with E-state index in [2.05, 4.69) is 66.4 Å². The van der Waals surface area contributed by atoms with E-state index < -0.39 is 0 Å². The Hall–Kier alpha value is -3.05. The minimum absolute atomic E-state index is 0.869. The summed E-state index contributed by atoms with van der Waals surface area (Å²) in [5.74, 6) is 0. The fraction of sp³-hybridized carbons (Fsp3) is 0.296. The third-order valence-corrected chi connectivity index (χ3v) is 6.60. The van der Waals surface area contributed by atoms with Crippen molar-refractivity contribution in [3.05, 3.63) is 76.9 Å². The van der Waals surface area contributed by atoms with Crippen molar-refractivity contribution in [3.8, 4) is 28.3 Å². The molecule has 2 heteroatoms. The molecule has 1 fully saturated rings. The molecule has 3 aromatic rings. The molecular weight excluding hydrogens is 352 g/mol. The van der Waals surface area contributed by atoms with Gasteiger partial charge in [-0.3, -0.25) is 0 Å². The highest BCUT2D eigenvalue weighted by Gasteiger charge is 2.30. The van der Waals surface area contributed by atoms with Crippen molar-refractivity contribution in [1.82, 2.24) is 0 Å². The van der Waals surface area contributed by atoms with Crippen LogP contribution in [0.25, 0.3) is 22.3 Å². The Kier molecular flexibility index (Phi) is 4.60. The molecule has 5 rings (SSSR count). The molecular formula is C27H26N2. The summed E-state index contributed by atoms with van der Waals surface area (Å²) >= 11 is 0. The zero-order valence-electron chi connectivity index (χ0n) is 17.0. The lowest BCUT2D eigenvalue weighted by molar-refractivity contribution is 0.576. The maximum absolute atomic E-state index is 10.3. The highest BCUT2D eigenvalue weighted by Crippen LogP contribution is 2.47. The van der Waals surface area contributed by atoms with E-state index in [9.17, 15) is 5.26 Å². The lowest BCUT2D eigenvalue weighted by Gasteiger charge is -2.36. The zero-order chi connectivity index (χ0) is 19.8. The molecule has 0 radical (unpaired) electrons. The predicted molar refractivity (Wildman–Crippen MR) is 120 cm³/mol. The van der Waals surface area contributed by atoms with Crippen LogP contribution >= 0.6 is 0 Å². The Morgan fingerprint density at radius 1 is 0.828 bits per heavy atom. The predicted octanol–water partition coefficient (Wildman–Crippen LogP) is 6.29. The fourth-order valence-corrected chi connectivity index (χ4v) is 5.32. The number of nitriles is 1. The molecule has 1 saturated heterocycles. The first-order valence-corrected chi connectivity index (χ1v) is 10.8. The molecule has 0 spiro atoms. The molecule has 29 heavy (non-hydrogen) atoms. The van der Waals surface area contributed by atoms with Crippen LogP contribution in [0.3, 0.4) is 0 Å². The van der Waals surface area contributed by atoms with E-state index in [-0.39, 0.29) is 0 Å². The zero-order valence-corrected chi connectivity index (χ0v) is 17.0. The quantitative estimate of drug-likeness (QED) is 0.524. The van der Waals surface area contributed by atoms with Gasteiger partial charge in [0.2, 0.25) is 0 Å². The van der Waals surface area contributed by atoms with E-state index in [1.807, 2.05) is 6.07 Å². The number of anilines is 1. The standard InChI is InChI=1S/C27H26N2/c1-19-25(21-11-4-2-5-12-21)24(18-28)27(29-16-8-3-9-17-29)23-15-14-20-10-6-7-13-22(20)26(19)23/h2,4-7,10-13H,3,8-9,14-17H2,1H3. The molecule has 1 aliphatic heterocycles. The Labute approximate surface area is 173 Å². The summed E-state index contributed by atoms with van der Waals surface area (Å²) in [4.78, 5) is 2.50. The minimum Gasteiger partial charge on any atom is -0.370 e. The van der Waals surface area contributed by atoms with Gasteiger partial charge in [0.1, 0.15) is 6.07 Å². The largest absolute Gasteiger partial charge is 0.370 e. The molecule has 0 aromatic heterocycles. The van der Waals surface area contributed by atoms with Gasteiger partial charge in [-0.1, -0.05) is 54.6 Å². The maximum Gasteiger partial charge on any atom is 0.102 e. The molecule has 1 heterocycles. The Morgan fingerprint density at radius 2 is 1.55 bits per heavy atom. The van der Waals surface area contributed by atoms with Gasteiger partial charge >= 0.3 is 0 Å². The van der Waals surface area contributed by atoms with Crippen molar-refractivity contribution in [3.63, 3.8) is 0 Å². The second-order valence-corrected chi connectivity index (χ2v) is 8.26. The van der Waals surface area contributed by atoms with Gasteiger partial charge < -0.3 is 4.90 Å². The molecule has 0 amide bonds. The first-order valence-electron chi connectivity index (χ1n) is 10.8. The number of hydrogen-bond donors (Lipinski definition) is 0. The number of fused-ring (bicyclic) bond motifs is 3. The lowest BCUT2D eigenvalue weighted by Crippen LogP contribution is -2.32. The maximum atomic E-state index is 10.3. The summed E-state index contributed by atoms with van der Waals surface area (Å²) in [6.07, 6.45) is 5.79. The van der Waals surface area contributed by atoms with Crippen molar-refractivity contribution >= 4 is 5.69 Å². The molecule has 1 aliphatic carbocycles. The van der Waals surface area contributed by atoms with Gasteiger partial charge in [-0.15, -0.1) is 0 Å². The summed E-state index contributed by atoms with van der Waals surface area (Å²) in [6.45, 7) is 4.32. The van der Waals surface area contributed by atoms with Gasteiger partial charge in [-0.2, -0.15) is 5.26 Å². The normalized spacial score (nSPS) is 15.4. The van der Waals surface area contributed by atoms with Gasteiger partial charge in [-0.25, -0.2) is 0 Å². The number of aryl methyl sites for hydroxylation is 1. The Balaban J connectivity index is 1.87. The molecule has 3 aromatic carbocycles. The first-order chi connectivity index (χ1) is 14.3. The van der Waals surface area contributed by atoms with Crippen LogP contribution in [0.2, 0.25) is 0 Å². The van der Waals surface area contributed by atoms with Gasteiger partial charge in [-0.05, 0) is 72.4 Å². The average Bonchev–Trinajstić information content (AvgIpc) is 2.79. The van der Waals surface area contributed by atoms with Crippen molar-refractivity contribution in [2.45, 2.75) is 39.0 Å². The van der Waals surface area contributed by atoms with Gasteiger partial charge in [0.25, 0.3) is 0 Å². The Morgan fingerprint density at radius 3 is 2.31 bits per heavy atom. The SMILES string of the molecule is Cc1c(-c2ccccc2)c(C#N)c(N2CCCCC2)c2c1-c1ccccc1CC2. The highest BCUT2D eigenvalue weighted by molar-refractivity contribution is 5.93. The molecule has 144 valence electrons. The molecule has 0 unspecified atom stereocenters. The average molecular weight is 379 g/mol. The lowest BCUT2D eigenvalue weighted by atomic mass is 9.77. The molecule has 2 aliphatic rings. The summed E-state index contributed by atoms with van der Waals surface area (Å²) in [7, 11) is 0. The third-order valence-electron chi connectivity index (χ3n) is 6.60. The second kappa shape index (κ2) is 7.41. The second-order valence-electron chi connectivity index (χ2n) is 8.26. The van der Waals surface area contributed by atoms with Crippen LogP contribution in [-0.2, 0) is 12.8 Å². The fourth-order valence-electron chi connectivity index (χ4n) is 5.32. The molecule has 0 atom stereocenters. The number of nitrogens with zero attached hydrogens (tertiary/aromatic N) is 2. The van der Waals surface area contributed by atoms with Crippen LogP contribution < -0.4 is 4.90 Å². The van der Waals surface area contributed by atoms with Crippen LogP contribution in [0.1, 0.15) is 41.5 Å². The van der Waals surface area contributed by atoms with Crippen molar-refractivity contribution < 1.29 is 0 Å². The number of hydrogen-bond acceptors (Lipinski definition) is 2. The van der Waals surface area contributed by atoms with Gasteiger partial charge in [0.05, 0.1) is 11.3 Å². The molecule has 0 N–H and O–H groups in total. The Bertz CT molecular complexity index is 1100. The van der Waals surface area contributed by atoms with Crippen molar-refractivity contribution in [1.29, 1.82) is 5.26 Å². The van der Waals surface area contributed by atoms with E-state index in [1.54, 1.807) is 0 Å². The van der Waals surface area contributed by atoms with Crippen molar-refractivity contribution in [2.75, 3.05) is 18.0 Å². The van der Waals surface area contributed by atoms with Crippen LogP contribution in [0.15, 0.2) is 54.6 Å². The van der Waals surface area contributed by atoms with E-state index in [0.717, 1.165) is 42.6 Å². The summed E-state index contributed by atoms with van der Waals surface area (Å²) < 4.78 is 0. The van der Waals surface area contributed by atoms with E-state index in [4.69, 9.17) is 0 Å². The van der Waals surface area contributed by atoms with Crippen molar-refractivity contribution in [2.24, 2.45) is 0 Å². The third kappa shape index (κ3) is 2.93. The number of piperidine rings is 1. The van der Waals surface area contributed by atoms with E-state index in [1.165, 1.54) is 52.8 Å². The first kappa shape index (κ1) is 18.0. The van der Waals surface area contributed by atoms with E-state index >= 15 is 0 Å². The van der Waals surface area contributed by atoms with E-state index in [0.29, 0.717) is 0 Å². The molecule has 2 nitrogen and oxygen atoms in total.